The Morgan fingerprint density at radius 2 is 1.63 bits per heavy atom. The minimum atomic E-state index is -3.48. The van der Waals surface area contributed by atoms with Crippen LogP contribution in [0.2, 0.25) is 51.4 Å². The lowest BCUT2D eigenvalue weighted by Gasteiger charge is -2.22. The Kier molecular flexibility index (Phi) is 14.1. The van der Waals surface area contributed by atoms with Gasteiger partial charge in [-0.3, -0.25) is 4.31 Å². The van der Waals surface area contributed by atoms with Crippen LogP contribution in [0, 0.1) is 9.52 Å². The molecule has 0 aliphatic heterocycles. The normalized spacial score (nSPS) is 12.5. The van der Waals surface area contributed by atoms with E-state index in [-0.39, 0.29) is 25.0 Å². The first kappa shape index (κ1) is 41.2. The van der Waals surface area contributed by atoms with Crippen molar-refractivity contribution in [3.05, 3.63) is 63.1 Å². The Balaban J connectivity index is 1.73. The van der Waals surface area contributed by atoms with E-state index in [4.69, 9.17) is 24.3 Å². The molecule has 15 heteroatoms. The van der Waals surface area contributed by atoms with Gasteiger partial charge in [0.2, 0.25) is 10.0 Å². The molecule has 0 aliphatic carbocycles. The van der Waals surface area contributed by atoms with Crippen molar-refractivity contribution in [2.24, 2.45) is 0 Å². The van der Waals surface area contributed by atoms with Gasteiger partial charge in [-0.25, -0.2) is 22.5 Å². The lowest BCUT2D eigenvalue weighted by atomic mass is 10.0. The van der Waals surface area contributed by atoms with Crippen LogP contribution in [0.5, 0.6) is 5.75 Å². The number of hydrogen-bond acceptors (Lipinski definition) is 8. The maximum atomic E-state index is 15.7. The molecule has 2 heterocycles. The van der Waals surface area contributed by atoms with Crippen molar-refractivity contribution in [1.82, 2.24) is 14.8 Å². The molecule has 0 atom stereocenters. The number of aryl methyl sites for hydroxylation is 1. The van der Waals surface area contributed by atoms with Gasteiger partial charge in [-0.15, -0.1) is 0 Å². The van der Waals surface area contributed by atoms with Gasteiger partial charge in [0, 0.05) is 48.5 Å². The van der Waals surface area contributed by atoms with E-state index in [1.165, 1.54) is 10.4 Å². The fourth-order valence-corrected chi connectivity index (χ4v) is 8.48. The molecular weight excluding hydrogens is 817 g/mol. The maximum absolute atomic E-state index is 15.7. The third kappa shape index (κ3) is 11.2. The number of anilines is 2. The zero-order valence-corrected chi connectivity index (χ0v) is 36.4. The number of sulfonamides is 1. The van der Waals surface area contributed by atoms with Crippen LogP contribution < -0.4 is 14.4 Å². The van der Waals surface area contributed by atoms with Gasteiger partial charge in [0.1, 0.15) is 16.2 Å². The van der Waals surface area contributed by atoms with Crippen molar-refractivity contribution in [2.75, 3.05) is 42.4 Å². The van der Waals surface area contributed by atoms with Crippen molar-refractivity contribution in [1.29, 1.82) is 0 Å². The molecular formula is C36H53FIN5O5SSi2. The number of fused-ring (bicyclic) bond motifs is 1. The first-order chi connectivity index (χ1) is 23.9. The molecule has 0 fully saturated rings. The minimum absolute atomic E-state index is 0.0152. The third-order valence-electron chi connectivity index (χ3n) is 8.57. The van der Waals surface area contributed by atoms with Crippen molar-refractivity contribution in [2.45, 2.75) is 84.9 Å². The van der Waals surface area contributed by atoms with Crippen LogP contribution >= 0.6 is 22.6 Å². The highest BCUT2D eigenvalue weighted by atomic mass is 127. The number of rotatable bonds is 19. The largest absolute Gasteiger partial charge is 0.464 e. The summed E-state index contributed by atoms with van der Waals surface area (Å²) in [7, 11) is -4.45. The van der Waals surface area contributed by atoms with Crippen LogP contribution in [0.15, 0.2) is 42.5 Å². The van der Waals surface area contributed by atoms with Gasteiger partial charge < -0.3 is 19.5 Å². The van der Waals surface area contributed by atoms with Gasteiger partial charge >= 0.3 is 0 Å². The van der Waals surface area contributed by atoms with Crippen LogP contribution in [0.1, 0.15) is 25.0 Å². The predicted octanol–water partition coefficient (Wildman–Crippen LogP) is 8.81. The average Bonchev–Trinajstić information content (AvgIpc) is 3.39. The van der Waals surface area contributed by atoms with Crippen LogP contribution in [0.3, 0.4) is 0 Å². The highest BCUT2D eigenvalue weighted by Gasteiger charge is 2.22. The zero-order valence-electron chi connectivity index (χ0n) is 31.4. The van der Waals surface area contributed by atoms with E-state index in [0.717, 1.165) is 37.8 Å². The van der Waals surface area contributed by atoms with Gasteiger partial charge in [0.25, 0.3) is 0 Å². The second kappa shape index (κ2) is 17.5. The molecule has 1 N–H and O–H groups in total. The molecule has 0 amide bonds. The number of nitrogens with zero attached hydrogens (tertiary/aromatic N) is 4. The smallest absolute Gasteiger partial charge is 0.234 e. The highest BCUT2D eigenvalue weighted by molar-refractivity contribution is 14.1. The number of benzene rings is 2. The molecule has 0 saturated carbocycles. The fourth-order valence-electron chi connectivity index (χ4n) is 5.31. The van der Waals surface area contributed by atoms with Crippen molar-refractivity contribution < 1.29 is 27.0 Å². The van der Waals surface area contributed by atoms with E-state index < -0.39 is 32.0 Å². The quantitative estimate of drug-likeness (QED) is 0.0432. The summed E-state index contributed by atoms with van der Waals surface area (Å²) in [4.78, 5) is 5.05. The number of aromatic nitrogens is 3. The van der Waals surface area contributed by atoms with Crippen molar-refractivity contribution in [3.63, 3.8) is 0 Å². The van der Waals surface area contributed by atoms with E-state index in [9.17, 15) is 8.42 Å². The van der Waals surface area contributed by atoms with Crippen LogP contribution in [-0.2, 0) is 39.2 Å². The number of halogens is 2. The molecule has 2 aromatic heterocycles. The second-order valence-corrected chi connectivity index (χ2v) is 29.6. The lowest BCUT2D eigenvalue weighted by molar-refractivity contribution is 0.0197. The summed E-state index contributed by atoms with van der Waals surface area (Å²) < 4.78 is 62.6. The van der Waals surface area contributed by atoms with Crippen LogP contribution in [-0.4, -0.2) is 72.1 Å². The molecule has 4 rings (SSSR count). The maximum Gasteiger partial charge on any atom is 0.234 e. The van der Waals surface area contributed by atoms with Crippen LogP contribution in [0.25, 0.3) is 22.2 Å². The Morgan fingerprint density at radius 1 is 0.961 bits per heavy atom. The Labute approximate surface area is 318 Å². The number of hydrogen-bond donors (Lipinski definition) is 1. The second-order valence-electron chi connectivity index (χ2n) is 15.0. The predicted molar refractivity (Wildman–Crippen MR) is 220 cm³/mol. The topological polar surface area (TPSA) is 108 Å². The van der Waals surface area contributed by atoms with Crippen molar-refractivity contribution in [3.8, 4) is 17.0 Å². The van der Waals surface area contributed by atoms with Crippen LogP contribution in [0.4, 0.5) is 15.9 Å². The Hall–Kier alpha value is -2.58. The molecule has 10 nitrogen and oxygen atoms in total. The number of nitrogens with one attached hydrogen (secondary N) is 1. The SMILES string of the molecule is CCc1cc(OCOCC[Si](C)(C)C)c(F)cc1-c1cc2c(c(I)nn2COCC[Si](C)(C)C)c(NCc2ccccc2N(C)S(=O)(=O)CC)n1. The molecule has 0 aliphatic rings. The van der Waals surface area contributed by atoms with Crippen molar-refractivity contribution >= 4 is 71.2 Å². The molecule has 51 heavy (non-hydrogen) atoms. The van der Waals surface area contributed by atoms with Gasteiger partial charge in [-0.2, -0.15) is 5.10 Å². The summed E-state index contributed by atoms with van der Waals surface area (Å²) in [6, 6.07) is 14.6. The summed E-state index contributed by atoms with van der Waals surface area (Å²) in [6.07, 6.45) is 0.618. The zero-order chi connectivity index (χ0) is 37.6. The molecule has 0 radical (unpaired) electrons. The van der Waals surface area contributed by atoms with Gasteiger partial charge in [0.05, 0.1) is 28.0 Å². The number of para-hydroxylation sites is 1. The molecule has 0 bridgehead atoms. The summed E-state index contributed by atoms with van der Waals surface area (Å²) in [5, 5.41) is 9.09. The number of ether oxygens (including phenoxy) is 3. The Bertz CT molecular complexity index is 1910. The third-order valence-corrected chi connectivity index (χ3v) is 14.5. The summed E-state index contributed by atoms with van der Waals surface area (Å²) in [5.41, 5.74) is 4.23. The minimum Gasteiger partial charge on any atom is -0.464 e. The molecule has 4 aromatic rings. The molecule has 2 aromatic carbocycles. The molecule has 0 unspecified atom stereocenters. The summed E-state index contributed by atoms with van der Waals surface area (Å²) in [6.45, 7) is 19.2. The van der Waals surface area contributed by atoms with E-state index in [1.54, 1.807) is 26.1 Å². The van der Waals surface area contributed by atoms with Gasteiger partial charge in [-0.1, -0.05) is 64.4 Å². The van der Waals surface area contributed by atoms with E-state index in [2.05, 4.69) is 67.2 Å². The number of pyridine rings is 1. The highest BCUT2D eigenvalue weighted by Crippen LogP contribution is 2.36. The summed E-state index contributed by atoms with van der Waals surface area (Å²) in [5.74, 6) is 0.175. The first-order valence-electron chi connectivity index (χ1n) is 17.4. The Morgan fingerprint density at radius 3 is 2.27 bits per heavy atom. The average molecular weight is 870 g/mol. The lowest BCUT2D eigenvalue weighted by Crippen LogP contribution is -2.29. The van der Waals surface area contributed by atoms with Gasteiger partial charge in [-0.05, 0) is 83.4 Å². The molecule has 280 valence electrons. The van der Waals surface area contributed by atoms with E-state index >= 15 is 4.39 Å². The van der Waals surface area contributed by atoms with Gasteiger partial charge in [0.15, 0.2) is 18.4 Å². The molecule has 0 spiro atoms. The van der Waals surface area contributed by atoms with E-state index in [1.807, 2.05) is 35.9 Å². The standard InChI is InChI=1S/C36H53FIN5O5SSi2/c1-10-26-20-33(48-25-47-17-19-51(7,8)9)29(37)21-28(26)30-22-32-34(35(38)41-43(32)24-46-16-18-50(4,5)6)36(40-30)39-23-27-14-12-13-15-31(27)42(3)49(44,45)11-2/h12-15,20-22H,10-11,16-19,23-25H2,1-9H3,(H,39,40). The fraction of sp³-hybridized carbons (Fsp3) is 0.500. The van der Waals surface area contributed by atoms with E-state index in [0.29, 0.717) is 48.9 Å². The summed E-state index contributed by atoms with van der Waals surface area (Å²) >= 11 is 2.20. The monoisotopic (exact) mass is 869 g/mol. The first-order valence-corrected chi connectivity index (χ1v) is 27.5. The molecule has 0 saturated heterocycles.